The fourth-order valence-electron chi connectivity index (χ4n) is 5.29. The van der Waals surface area contributed by atoms with Crippen molar-refractivity contribution in [3.63, 3.8) is 0 Å². The average molecular weight is 771 g/mol. The molecule has 1 aliphatic rings. The third kappa shape index (κ3) is 10.1. The first-order valence-corrected chi connectivity index (χ1v) is 17.7. The average Bonchev–Trinajstić information content (AvgIpc) is 3.77. The van der Waals surface area contributed by atoms with Crippen LogP contribution in [-0.4, -0.2) is 50.3 Å². The summed E-state index contributed by atoms with van der Waals surface area (Å²) < 4.78 is 75.5. The summed E-state index contributed by atoms with van der Waals surface area (Å²) in [5, 5.41) is 12.4. The first kappa shape index (κ1) is 37.9. The maximum Gasteiger partial charge on any atom is 0.387 e. The van der Waals surface area contributed by atoms with Crippen LogP contribution in [0.5, 0.6) is 11.5 Å². The molecule has 2 aromatic carbocycles. The van der Waals surface area contributed by atoms with E-state index in [1.54, 1.807) is 45.2 Å². The molecule has 0 saturated heterocycles. The summed E-state index contributed by atoms with van der Waals surface area (Å²) in [7, 11) is -3.25. The van der Waals surface area contributed by atoms with Crippen molar-refractivity contribution in [1.29, 1.82) is 0 Å². The van der Waals surface area contributed by atoms with Gasteiger partial charge in [-0.3, -0.25) is 13.9 Å². The van der Waals surface area contributed by atoms with Crippen LogP contribution in [0.2, 0.25) is 10.0 Å². The predicted octanol–water partition coefficient (Wildman–Crippen LogP) is 6.17. The Morgan fingerprint density at radius 2 is 1.76 bits per heavy atom. The van der Waals surface area contributed by atoms with Crippen LogP contribution in [0.25, 0.3) is 10.9 Å². The molecule has 0 bridgehead atoms. The number of nitrogens with zero attached hydrogens (tertiary/aromatic N) is 3. The van der Waals surface area contributed by atoms with E-state index in [1.807, 2.05) is 0 Å². The number of aromatic nitrogens is 2. The Morgan fingerprint density at radius 3 is 2.39 bits per heavy atom. The monoisotopic (exact) mass is 769 g/mol. The highest BCUT2D eigenvalue weighted by Gasteiger charge is 2.27. The van der Waals surface area contributed by atoms with Crippen LogP contribution < -0.4 is 18.5 Å². The zero-order valence-electron chi connectivity index (χ0n) is 27.7. The van der Waals surface area contributed by atoms with Crippen molar-refractivity contribution in [3.05, 3.63) is 87.4 Å². The van der Waals surface area contributed by atoms with E-state index in [1.165, 1.54) is 28.8 Å². The summed E-state index contributed by atoms with van der Waals surface area (Å²) in [5.41, 5.74) is 0.480. The van der Waals surface area contributed by atoms with E-state index in [0.717, 1.165) is 29.5 Å². The van der Waals surface area contributed by atoms with Crippen LogP contribution in [-0.2, 0) is 42.9 Å². The first-order valence-electron chi connectivity index (χ1n) is 15.8. The molecule has 1 fully saturated rings. The van der Waals surface area contributed by atoms with Gasteiger partial charge in [0, 0.05) is 23.6 Å². The fourth-order valence-corrected chi connectivity index (χ4v) is 6.47. The lowest BCUT2D eigenvalue weighted by atomic mass is 10.0. The molecule has 12 nitrogen and oxygen atoms in total. The minimum Gasteiger partial charge on any atom is -0.619 e. The van der Waals surface area contributed by atoms with Gasteiger partial charge >= 0.3 is 18.6 Å². The van der Waals surface area contributed by atoms with Gasteiger partial charge in [0.1, 0.15) is 34.8 Å². The lowest BCUT2D eigenvalue weighted by Crippen LogP contribution is -2.34. The summed E-state index contributed by atoms with van der Waals surface area (Å²) >= 11 is 12.7. The standard InChI is InChI=1S/C34H35Cl2F2N3O9S/c1-34(2,3)50-32(43)18-41(51(45)46)27-6-4-5-26-22(27)11-12-39(26)17-31(42)48-29(14-23-24(35)15-40(44)16-25(23)36)21-9-10-28(49-33(37)38)30(13-21)47-19-20-7-8-20/h4-6,9-13,15-16,20,29,33,51H,7-8,14,17-19H2,1-3H3. The van der Waals surface area contributed by atoms with Crippen molar-refractivity contribution < 1.29 is 50.5 Å². The quantitative estimate of drug-likeness (QED) is 0.0651. The van der Waals surface area contributed by atoms with Crippen molar-refractivity contribution in [2.24, 2.45) is 5.92 Å². The second-order valence-electron chi connectivity index (χ2n) is 12.8. The van der Waals surface area contributed by atoms with Crippen LogP contribution in [0, 0.1) is 11.1 Å². The Labute approximate surface area is 304 Å². The van der Waals surface area contributed by atoms with Crippen molar-refractivity contribution in [3.8, 4) is 11.5 Å². The molecule has 1 aliphatic carbocycles. The highest BCUT2D eigenvalue weighted by molar-refractivity contribution is 7.74. The third-order valence-electron chi connectivity index (χ3n) is 7.71. The van der Waals surface area contributed by atoms with Crippen LogP contribution in [0.1, 0.15) is 50.8 Å². The number of alkyl halides is 2. The number of rotatable bonds is 15. The van der Waals surface area contributed by atoms with E-state index in [-0.39, 0.29) is 52.7 Å². The van der Waals surface area contributed by atoms with E-state index in [9.17, 15) is 32.0 Å². The van der Waals surface area contributed by atoms with E-state index in [2.05, 4.69) is 4.74 Å². The summed E-state index contributed by atoms with van der Waals surface area (Å²) in [6, 6.07) is 10.5. The van der Waals surface area contributed by atoms with Crippen molar-refractivity contribution in [2.75, 3.05) is 17.5 Å². The Hall–Kier alpha value is -4.34. The number of anilines is 1. The third-order valence-corrected chi connectivity index (χ3v) is 9.11. The van der Waals surface area contributed by atoms with E-state index < -0.39 is 47.7 Å². The SMILES string of the molecule is CC(C)(C)OC(=O)CN(c1cccc2c1ccn2CC(=O)OC(Cc1c(Cl)c[n+]([O-])cc1Cl)c1ccc(OC(F)F)c(OCC2CC2)c1)[SH](=O)=O. The number of carbonyl (C=O) groups is 2. The van der Waals surface area contributed by atoms with Crippen LogP contribution >= 0.6 is 23.2 Å². The number of esters is 2. The first-order chi connectivity index (χ1) is 24.1. The van der Waals surface area contributed by atoms with Crippen molar-refractivity contribution in [1.82, 2.24) is 4.57 Å². The second-order valence-corrected chi connectivity index (χ2v) is 14.6. The van der Waals surface area contributed by atoms with Crippen molar-refractivity contribution in [2.45, 2.75) is 64.9 Å². The lowest BCUT2D eigenvalue weighted by Gasteiger charge is -2.23. The summed E-state index contributed by atoms with van der Waals surface area (Å²) in [6.45, 7) is 1.28. The van der Waals surface area contributed by atoms with Gasteiger partial charge in [-0.1, -0.05) is 35.3 Å². The number of thiol groups is 1. The number of hydrogen-bond acceptors (Lipinski definition) is 9. The maximum absolute atomic E-state index is 13.6. The summed E-state index contributed by atoms with van der Waals surface area (Å²) in [6.07, 6.45) is 4.45. The molecule has 1 unspecified atom stereocenters. The van der Waals surface area contributed by atoms with E-state index in [0.29, 0.717) is 26.8 Å². The molecular weight excluding hydrogens is 735 g/mol. The number of halogens is 4. The Kier molecular flexibility index (Phi) is 11.8. The molecule has 17 heteroatoms. The largest absolute Gasteiger partial charge is 0.619 e. The maximum atomic E-state index is 13.6. The lowest BCUT2D eigenvalue weighted by molar-refractivity contribution is -0.605. The van der Waals surface area contributed by atoms with E-state index >= 15 is 0 Å². The van der Waals surface area contributed by atoms with Gasteiger partial charge in [-0.25, -0.2) is 8.42 Å². The highest BCUT2D eigenvalue weighted by atomic mass is 35.5. The van der Waals surface area contributed by atoms with Gasteiger partial charge in [0.2, 0.25) is 10.9 Å². The van der Waals surface area contributed by atoms with Gasteiger partial charge in [0.15, 0.2) is 23.9 Å². The normalized spacial score (nSPS) is 13.7. The number of pyridine rings is 1. The van der Waals surface area contributed by atoms with E-state index in [4.69, 9.17) is 37.4 Å². The predicted molar refractivity (Wildman–Crippen MR) is 185 cm³/mol. The molecule has 51 heavy (non-hydrogen) atoms. The zero-order chi connectivity index (χ0) is 37.0. The Balaban J connectivity index is 1.44. The minimum atomic E-state index is -3.25. The van der Waals surface area contributed by atoms with Gasteiger partial charge < -0.3 is 28.7 Å². The number of hydrogen-bond donors (Lipinski definition) is 1. The van der Waals surface area contributed by atoms with Gasteiger partial charge in [0.25, 0.3) is 0 Å². The van der Waals surface area contributed by atoms with Gasteiger partial charge in [-0.05, 0) is 75.4 Å². The molecule has 0 spiro atoms. The Morgan fingerprint density at radius 1 is 1.06 bits per heavy atom. The van der Waals surface area contributed by atoms with Crippen LogP contribution in [0.4, 0.5) is 14.5 Å². The zero-order valence-corrected chi connectivity index (χ0v) is 30.1. The molecule has 1 saturated carbocycles. The minimum absolute atomic E-state index is 0.0120. The van der Waals surface area contributed by atoms with Crippen molar-refractivity contribution >= 4 is 62.6 Å². The number of carbonyl (C=O) groups excluding carboxylic acids is 2. The van der Waals surface area contributed by atoms with Gasteiger partial charge in [0.05, 0.1) is 17.8 Å². The fraction of sp³-hybridized carbons (Fsp3) is 0.382. The number of fused-ring (bicyclic) bond motifs is 1. The molecule has 274 valence electrons. The molecule has 2 heterocycles. The van der Waals surface area contributed by atoms with Gasteiger partial charge in [-0.2, -0.15) is 13.5 Å². The Bertz CT molecular complexity index is 1970. The molecule has 0 amide bonds. The molecule has 0 aliphatic heterocycles. The number of ether oxygens (including phenoxy) is 4. The summed E-state index contributed by atoms with van der Waals surface area (Å²) in [4.78, 5) is 26.1. The second kappa shape index (κ2) is 15.9. The molecular formula is C34H35Cl2F2N3O9S. The molecule has 4 aromatic rings. The van der Waals surface area contributed by atoms with Gasteiger partial charge in [-0.15, -0.1) is 0 Å². The van der Waals surface area contributed by atoms with Crippen LogP contribution in [0.3, 0.4) is 0 Å². The van der Waals surface area contributed by atoms with Crippen LogP contribution in [0.15, 0.2) is 61.1 Å². The molecule has 5 rings (SSSR count). The summed E-state index contributed by atoms with van der Waals surface area (Å²) in [5.74, 6) is -1.36. The number of benzene rings is 2. The smallest absolute Gasteiger partial charge is 0.387 e. The molecule has 0 N–H and O–H groups in total. The molecule has 0 radical (unpaired) electrons. The molecule has 1 atom stereocenters. The highest BCUT2D eigenvalue weighted by Crippen LogP contribution is 2.38. The topological polar surface area (TPSA) is 140 Å². The molecule has 2 aromatic heterocycles.